The van der Waals surface area contributed by atoms with Crippen molar-refractivity contribution in [1.82, 2.24) is 0 Å². The Bertz CT molecular complexity index is 965. The SMILES string of the molecule is Nc1cc(C(=O)OCC(=O)Nc2ccc(S(=O)(=O)C(F)F)cc2)ccc1Cl. The first-order valence-corrected chi connectivity index (χ1v) is 9.18. The number of alkyl halides is 2. The topological polar surface area (TPSA) is 116 Å². The number of hydrogen-bond acceptors (Lipinski definition) is 6. The Morgan fingerprint density at radius 1 is 1.15 bits per heavy atom. The highest BCUT2D eigenvalue weighted by molar-refractivity contribution is 7.91. The van der Waals surface area contributed by atoms with Gasteiger partial charge < -0.3 is 15.8 Å². The standard InChI is InChI=1S/C16H13ClF2N2O5S/c17-12-6-1-9(7-13(12)20)15(23)26-8-14(22)21-10-2-4-11(5-3-10)27(24,25)16(18)19/h1-7,16H,8,20H2,(H,21,22). The molecule has 2 aromatic rings. The summed E-state index contributed by atoms with van der Waals surface area (Å²) < 4.78 is 52.3. The van der Waals surface area contributed by atoms with Crippen LogP contribution in [0.25, 0.3) is 0 Å². The number of hydrogen-bond donors (Lipinski definition) is 2. The van der Waals surface area contributed by atoms with Crippen molar-refractivity contribution in [3.05, 3.63) is 53.1 Å². The number of ether oxygens (including phenoxy) is 1. The fourth-order valence-corrected chi connectivity index (χ4v) is 2.75. The van der Waals surface area contributed by atoms with Gasteiger partial charge in [-0.3, -0.25) is 4.79 Å². The monoisotopic (exact) mass is 418 g/mol. The van der Waals surface area contributed by atoms with Gasteiger partial charge in [-0.15, -0.1) is 0 Å². The third kappa shape index (κ3) is 5.14. The maximum absolute atomic E-state index is 12.5. The summed E-state index contributed by atoms with van der Waals surface area (Å²) in [6.07, 6.45) is 0. The number of carbonyl (C=O) groups is 2. The van der Waals surface area contributed by atoms with Crippen LogP contribution in [0.3, 0.4) is 0 Å². The lowest BCUT2D eigenvalue weighted by Gasteiger charge is -2.08. The summed E-state index contributed by atoms with van der Waals surface area (Å²) in [4.78, 5) is 23.1. The molecule has 0 saturated carbocycles. The van der Waals surface area contributed by atoms with Crippen molar-refractivity contribution in [3.63, 3.8) is 0 Å². The van der Waals surface area contributed by atoms with Crippen LogP contribution in [0.1, 0.15) is 10.4 Å². The average molecular weight is 419 g/mol. The lowest BCUT2D eigenvalue weighted by Crippen LogP contribution is -2.21. The summed E-state index contributed by atoms with van der Waals surface area (Å²) in [6, 6.07) is 8.21. The van der Waals surface area contributed by atoms with Crippen molar-refractivity contribution >= 4 is 44.7 Å². The smallest absolute Gasteiger partial charge is 0.341 e. The highest BCUT2D eigenvalue weighted by Crippen LogP contribution is 2.21. The van der Waals surface area contributed by atoms with E-state index in [0.717, 1.165) is 24.3 Å². The molecule has 2 rings (SSSR count). The molecule has 144 valence electrons. The first-order chi connectivity index (χ1) is 12.6. The summed E-state index contributed by atoms with van der Waals surface area (Å²) in [7, 11) is -4.72. The second-order valence-corrected chi connectivity index (χ2v) is 7.52. The third-order valence-electron chi connectivity index (χ3n) is 3.27. The van der Waals surface area contributed by atoms with Gasteiger partial charge in [0.1, 0.15) is 0 Å². The van der Waals surface area contributed by atoms with Gasteiger partial charge in [0.15, 0.2) is 6.61 Å². The molecular formula is C16H13ClF2N2O5S. The summed E-state index contributed by atoms with van der Waals surface area (Å²) >= 11 is 5.74. The van der Waals surface area contributed by atoms with Crippen LogP contribution in [0.2, 0.25) is 5.02 Å². The van der Waals surface area contributed by atoms with Crippen LogP contribution in [0.4, 0.5) is 20.2 Å². The van der Waals surface area contributed by atoms with Crippen molar-refractivity contribution < 1.29 is 31.5 Å². The van der Waals surface area contributed by atoms with E-state index < -0.39 is 39.0 Å². The van der Waals surface area contributed by atoms with Crippen molar-refractivity contribution in [2.24, 2.45) is 0 Å². The van der Waals surface area contributed by atoms with E-state index in [-0.39, 0.29) is 22.0 Å². The molecule has 0 fully saturated rings. The average Bonchev–Trinajstić information content (AvgIpc) is 2.62. The van der Waals surface area contributed by atoms with Crippen LogP contribution in [0, 0.1) is 0 Å². The number of esters is 1. The summed E-state index contributed by atoms with van der Waals surface area (Å²) in [5.41, 5.74) is 5.99. The van der Waals surface area contributed by atoms with Crippen molar-refractivity contribution in [2.45, 2.75) is 10.7 Å². The minimum atomic E-state index is -4.72. The maximum atomic E-state index is 12.5. The Hall–Kier alpha value is -2.72. The molecule has 27 heavy (non-hydrogen) atoms. The van der Waals surface area contributed by atoms with Crippen LogP contribution < -0.4 is 11.1 Å². The van der Waals surface area contributed by atoms with Crippen LogP contribution in [-0.2, 0) is 19.4 Å². The first-order valence-electron chi connectivity index (χ1n) is 7.25. The second kappa shape index (κ2) is 8.31. The minimum absolute atomic E-state index is 0.103. The molecule has 0 spiro atoms. The molecule has 0 aliphatic heterocycles. The van der Waals surface area contributed by atoms with Gasteiger partial charge in [-0.25, -0.2) is 13.2 Å². The van der Waals surface area contributed by atoms with E-state index in [4.69, 9.17) is 22.1 Å². The number of nitrogens with two attached hydrogens (primary N) is 1. The highest BCUT2D eigenvalue weighted by atomic mass is 35.5. The quantitative estimate of drug-likeness (QED) is 0.550. The van der Waals surface area contributed by atoms with Gasteiger partial charge in [0.05, 0.1) is 21.2 Å². The Morgan fingerprint density at radius 3 is 2.33 bits per heavy atom. The number of rotatable bonds is 6. The van der Waals surface area contributed by atoms with Gasteiger partial charge in [-0.05, 0) is 42.5 Å². The molecule has 0 unspecified atom stereocenters. The first kappa shape index (κ1) is 20.6. The molecule has 1 amide bonds. The van der Waals surface area contributed by atoms with Crippen LogP contribution in [-0.4, -0.2) is 32.7 Å². The number of nitrogens with one attached hydrogen (secondary N) is 1. The van der Waals surface area contributed by atoms with Crippen LogP contribution in [0.15, 0.2) is 47.4 Å². The van der Waals surface area contributed by atoms with E-state index in [0.29, 0.717) is 0 Å². The van der Waals surface area contributed by atoms with Gasteiger partial charge in [0.25, 0.3) is 5.91 Å². The van der Waals surface area contributed by atoms with Crippen LogP contribution in [0.5, 0.6) is 0 Å². The normalized spacial score (nSPS) is 11.3. The maximum Gasteiger partial charge on any atom is 0.341 e. The number of halogens is 3. The molecule has 0 aliphatic rings. The van der Waals surface area contributed by atoms with E-state index in [1.807, 2.05) is 0 Å². The van der Waals surface area contributed by atoms with E-state index >= 15 is 0 Å². The predicted molar refractivity (Wildman–Crippen MR) is 94.4 cm³/mol. The zero-order chi connectivity index (χ0) is 20.2. The fourth-order valence-electron chi connectivity index (χ4n) is 1.91. The van der Waals surface area contributed by atoms with E-state index in [1.54, 1.807) is 0 Å². The fraction of sp³-hybridized carbons (Fsp3) is 0.125. The number of amides is 1. The third-order valence-corrected chi connectivity index (χ3v) is 5.01. The Kier molecular flexibility index (Phi) is 6.34. The predicted octanol–water partition coefficient (Wildman–Crippen LogP) is 2.71. The van der Waals surface area contributed by atoms with E-state index in [2.05, 4.69) is 5.32 Å². The molecule has 0 aliphatic carbocycles. The van der Waals surface area contributed by atoms with Crippen LogP contribution >= 0.6 is 11.6 Å². The Balaban J connectivity index is 1.94. The number of sulfone groups is 1. The molecule has 3 N–H and O–H groups in total. The molecule has 0 bridgehead atoms. The molecule has 2 aromatic carbocycles. The number of nitrogen functional groups attached to an aromatic ring is 1. The molecule has 7 nitrogen and oxygen atoms in total. The minimum Gasteiger partial charge on any atom is -0.452 e. The zero-order valence-corrected chi connectivity index (χ0v) is 15.1. The van der Waals surface area contributed by atoms with Gasteiger partial charge in [-0.2, -0.15) is 8.78 Å². The molecular weight excluding hydrogens is 406 g/mol. The molecule has 0 radical (unpaired) electrons. The van der Waals surface area contributed by atoms with E-state index in [9.17, 15) is 26.8 Å². The zero-order valence-electron chi connectivity index (χ0n) is 13.5. The molecule has 0 aromatic heterocycles. The molecule has 0 saturated heterocycles. The summed E-state index contributed by atoms with van der Waals surface area (Å²) in [6.45, 7) is -0.627. The number of carbonyl (C=O) groups excluding carboxylic acids is 2. The van der Waals surface area contributed by atoms with Crippen molar-refractivity contribution in [2.75, 3.05) is 17.7 Å². The highest BCUT2D eigenvalue weighted by Gasteiger charge is 2.26. The lowest BCUT2D eigenvalue weighted by atomic mass is 10.2. The van der Waals surface area contributed by atoms with Gasteiger partial charge in [0, 0.05) is 5.69 Å². The van der Waals surface area contributed by atoms with Gasteiger partial charge >= 0.3 is 11.7 Å². The van der Waals surface area contributed by atoms with E-state index in [1.165, 1.54) is 18.2 Å². The van der Waals surface area contributed by atoms with Gasteiger partial charge in [0.2, 0.25) is 9.84 Å². The largest absolute Gasteiger partial charge is 0.452 e. The summed E-state index contributed by atoms with van der Waals surface area (Å²) in [5, 5.41) is 2.60. The van der Waals surface area contributed by atoms with Crippen molar-refractivity contribution in [3.8, 4) is 0 Å². The Morgan fingerprint density at radius 2 is 1.78 bits per heavy atom. The Labute approximate surface area is 158 Å². The number of benzene rings is 2. The lowest BCUT2D eigenvalue weighted by molar-refractivity contribution is -0.119. The second-order valence-electron chi connectivity index (χ2n) is 5.19. The molecule has 0 heterocycles. The molecule has 0 atom stereocenters. The molecule has 11 heteroatoms. The summed E-state index contributed by atoms with van der Waals surface area (Å²) in [5.74, 6) is -5.05. The van der Waals surface area contributed by atoms with Gasteiger partial charge in [-0.1, -0.05) is 11.6 Å². The number of anilines is 2. The van der Waals surface area contributed by atoms with Crippen molar-refractivity contribution in [1.29, 1.82) is 0 Å².